The number of allylic oxidation sites excluding steroid dienone is 2. The summed E-state index contributed by atoms with van der Waals surface area (Å²) in [4.78, 5) is 14.2. The first-order valence-electron chi connectivity index (χ1n) is 12.1. The molecule has 162 valence electrons. The topological polar surface area (TPSA) is 60.8 Å². The van der Waals surface area contributed by atoms with E-state index in [2.05, 4.69) is 12.2 Å². The number of hydrogen-bond donors (Lipinski definition) is 2. The van der Waals surface area contributed by atoms with Gasteiger partial charge < -0.3 is 15.1 Å². The van der Waals surface area contributed by atoms with E-state index in [1.165, 1.54) is 18.4 Å². The lowest BCUT2D eigenvalue weighted by molar-refractivity contribution is -0.130. The van der Waals surface area contributed by atoms with Crippen molar-refractivity contribution in [1.82, 2.24) is 4.90 Å². The SMILES string of the molecule is O=C(CCCC=C1C[C@H]2C[C@@H](O)[C@H](C=C[C@@H](O)C3CCCC3)[C@H]2C1)N1CCCC1. The second kappa shape index (κ2) is 9.78. The number of aliphatic hydroxyl groups excluding tert-OH is 2. The molecule has 0 unspecified atom stereocenters. The molecule has 4 nitrogen and oxygen atoms in total. The highest BCUT2D eigenvalue weighted by Gasteiger charge is 2.45. The van der Waals surface area contributed by atoms with Crippen molar-refractivity contribution in [2.24, 2.45) is 23.7 Å². The fourth-order valence-electron chi connectivity index (χ4n) is 6.32. The van der Waals surface area contributed by atoms with Crippen LogP contribution in [0.4, 0.5) is 0 Å². The molecule has 1 heterocycles. The Labute approximate surface area is 176 Å². The maximum Gasteiger partial charge on any atom is 0.222 e. The molecule has 1 amide bonds. The van der Waals surface area contributed by atoms with Crippen LogP contribution in [0.1, 0.15) is 77.0 Å². The lowest BCUT2D eigenvalue weighted by Crippen LogP contribution is -2.27. The first-order valence-corrected chi connectivity index (χ1v) is 12.1. The second-order valence-corrected chi connectivity index (χ2v) is 9.98. The van der Waals surface area contributed by atoms with Crippen LogP contribution >= 0.6 is 0 Å². The Kier molecular flexibility index (Phi) is 7.12. The van der Waals surface area contributed by atoms with Crippen LogP contribution in [-0.2, 0) is 4.79 Å². The van der Waals surface area contributed by atoms with Crippen LogP contribution in [-0.4, -0.2) is 46.3 Å². The first kappa shape index (κ1) is 21.1. The minimum absolute atomic E-state index is 0.193. The molecule has 5 atom stereocenters. The highest BCUT2D eigenvalue weighted by atomic mass is 16.3. The van der Waals surface area contributed by atoms with Gasteiger partial charge in [0.25, 0.3) is 0 Å². The fourth-order valence-corrected chi connectivity index (χ4v) is 6.32. The van der Waals surface area contributed by atoms with E-state index in [9.17, 15) is 15.0 Å². The van der Waals surface area contributed by atoms with Gasteiger partial charge in [0.15, 0.2) is 0 Å². The number of likely N-dealkylation sites (tertiary alicyclic amines) is 1. The summed E-state index contributed by atoms with van der Waals surface area (Å²) in [5.74, 6) is 2.05. The van der Waals surface area contributed by atoms with E-state index in [4.69, 9.17) is 0 Å². The highest BCUT2D eigenvalue weighted by Crippen LogP contribution is 2.50. The molecule has 4 fully saturated rings. The molecule has 0 bridgehead atoms. The Morgan fingerprint density at radius 2 is 1.90 bits per heavy atom. The van der Waals surface area contributed by atoms with Gasteiger partial charge >= 0.3 is 0 Å². The zero-order valence-corrected chi connectivity index (χ0v) is 17.8. The number of carbonyl (C=O) groups excluding carboxylic acids is 1. The molecule has 0 aromatic heterocycles. The van der Waals surface area contributed by atoms with Gasteiger partial charge in [-0.2, -0.15) is 0 Å². The second-order valence-electron chi connectivity index (χ2n) is 9.98. The Balaban J connectivity index is 1.24. The monoisotopic (exact) mass is 401 g/mol. The van der Waals surface area contributed by atoms with E-state index in [1.807, 2.05) is 11.0 Å². The molecule has 2 N–H and O–H groups in total. The van der Waals surface area contributed by atoms with Crippen LogP contribution in [0, 0.1) is 23.7 Å². The van der Waals surface area contributed by atoms with Gasteiger partial charge in [0, 0.05) is 25.4 Å². The number of carbonyl (C=O) groups is 1. The van der Waals surface area contributed by atoms with Gasteiger partial charge in [-0.15, -0.1) is 0 Å². The summed E-state index contributed by atoms with van der Waals surface area (Å²) in [6.07, 6.45) is 18.7. The van der Waals surface area contributed by atoms with Crippen molar-refractivity contribution < 1.29 is 15.0 Å². The minimum atomic E-state index is -0.340. The van der Waals surface area contributed by atoms with Crippen LogP contribution in [0.2, 0.25) is 0 Å². The van der Waals surface area contributed by atoms with Gasteiger partial charge in [0.2, 0.25) is 5.91 Å². The number of unbranched alkanes of at least 4 members (excludes halogenated alkanes) is 1. The zero-order chi connectivity index (χ0) is 20.2. The molecule has 0 spiro atoms. The predicted octanol–water partition coefficient (Wildman–Crippen LogP) is 4.22. The molecule has 3 aliphatic carbocycles. The van der Waals surface area contributed by atoms with Gasteiger partial charge in [0.1, 0.15) is 0 Å². The van der Waals surface area contributed by atoms with E-state index >= 15 is 0 Å². The summed E-state index contributed by atoms with van der Waals surface area (Å²) in [5.41, 5.74) is 1.52. The molecule has 0 aromatic rings. The van der Waals surface area contributed by atoms with Crippen molar-refractivity contribution in [2.45, 2.75) is 89.3 Å². The standard InChI is InChI=1S/C25H39NO3/c27-23(19-8-2-3-9-19)12-11-21-22-16-18(15-20(22)17-24(21)28)7-1-4-10-25(29)26-13-5-6-14-26/h7,11-12,19-24,27-28H,1-6,8-10,13-17H2/t20-,21+,22-,23+,24+/m0/s1. The molecule has 4 rings (SSSR count). The van der Waals surface area contributed by atoms with Crippen molar-refractivity contribution in [3.05, 3.63) is 23.8 Å². The molecule has 1 saturated heterocycles. The van der Waals surface area contributed by atoms with Crippen LogP contribution < -0.4 is 0 Å². The van der Waals surface area contributed by atoms with Gasteiger partial charge in [0.05, 0.1) is 12.2 Å². The van der Waals surface area contributed by atoms with Crippen molar-refractivity contribution >= 4 is 5.91 Å². The number of fused-ring (bicyclic) bond motifs is 1. The van der Waals surface area contributed by atoms with Gasteiger partial charge in [-0.1, -0.05) is 36.6 Å². The molecule has 1 aliphatic heterocycles. The smallest absolute Gasteiger partial charge is 0.222 e. The Morgan fingerprint density at radius 3 is 2.66 bits per heavy atom. The van der Waals surface area contributed by atoms with Crippen LogP contribution in [0.15, 0.2) is 23.8 Å². The Bertz CT molecular complexity index is 616. The summed E-state index contributed by atoms with van der Waals surface area (Å²) in [5, 5.41) is 21.0. The quantitative estimate of drug-likeness (QED) is 0.496. The van der Waals surface area contributed by atoms with Crippen LogP contribution in [0.3, 0.4) is 0 Å². The number of nitrogens with zero attached hydrogens (tertiary/aromatic N) is 1. The lowest BCUT2D eigenvalue weighted by atomic mass is 9.89. The molecule has 4 aliphatic rings. The Hall–Kier alpha value is -1.13. The molecular weight excluding hydrogens is 362 g/mol. The molecule has 29 heavy (non-hydrogen) atoms. The van der Waals surface area contributed by atoms with Crippen LogP contribution in [0.5, 0.6) is 0 Å². The lowest BCUT2D eigenvalue weighted by Gasteiger charge is -2.19. The average molecular weight is 402 g/mol. The third-order valence-corrected chi connectivity index (χ3v) is 8.01. The van der Waals surface area contributed by atoms with E-state index in [0.29, 0.717) is 30.1 Å². The maximum atomic E-state index is 12.2. The van der Waals surface area contributed by atoms with E-state index < -0.39 is 0 Å². The summed E-state index contributed by atoms with van der Waals surface area (Å²) in [6, 6.07) is 0. The van der Waals surface area contributed by atoms with E-state index in [0.717, 1.165) is 70.9 Å². The van der Waals surface area contributed by atoms with E-state index in [1.54, 1.807) is 0 Å². The largest absolute Gasteiger partial charge is 0.392 e. The van der Waals surface area contributed by atoms with Gasteiger partial charge in [-0.3, -0.25) is 4.79 Å². The zero-order valence-electron chi connectivity index (χ0n) is 17.8. The Morgan fingerprint density at radius 1 is 1.14 bits per heavy atom. The van der Waals surface area contributed by atoms with Gasteiger partial charge in [-0.25, -0.2) is 0 Å². The number of rotatable bonds is 7. The van der Waals surface area contributed by atoms with Crippen molar-refractivity contribution in [3.63, 3.8) is 0 Å². The highest BCUT2D eigenvalue weighted by molar-refractivity contribution is 5.76. The number of hydrogen-bond acceptors (Lipinski definition) is 3. The minimum Gasteiger partial charge on any atom is -0.392 e. The van der Waals surface area contributed by atoms with Crippen LogP contribution in [0.25, 0.3) is 0 Å². The van der Waals surface area contributed by atoms with Crippen molar-refractivity contribution in [1.29, 1.82) is 0 Å². The van der Waals surface area contributed by atoms with E-state index in [-0.39, 0.29) is 18.1 Å². The molecule has 0 aromatic carbocycles. The normalized spacial score (nSPS) is 35.2. The summed E-state index contributed by atoms with van der Waals surface area (Å²) in [6.45, 7) is 1.91. The predicted molar refractivity (Wildman–Crippen MR) is 115 cm³/mol. The fraction of sp³-hybridized carbons (Fsp3) is 0.800. The third-order valence-electron chi connectivity index (χ3n) is 8.01. The number of aliphatic hydroxyl groups is 2. The molecule has 3 saturated carbocycles. The molecular formula is C25H39NO3. The third kappa shape index (κ3) is 5.14. The van der Waals surface area contributed by atoms with Crippen molar-refractivity contribution in [3.8, 4) is 0 Å². The number of amides is 1. The summed E-state index contributed by atoms with van der Waals surface area (Å²) in [7, 11) is 0. The summed E-state index contributed by atoms with van der Waals surface area (Å²) < 4.78 is 0. The summed E-state index contributed by atoms with van der Waals surface area (Å²) >= 11 is 0. The average Bonchev–Trinajstić information content (AvgIpc) is 3.49. The van der Waals surface area contributed by atoms with Gasteiger partial charge in [-0.05, 0) is 75.5 Å². The first-order chi connectivity index (χ1) is 14.1. The van der Waals surface area contributed by atoms with Crippen molar-refractivity contribution in [2.75, 3.05) is 13.1 Å². The molecule has 0 radical (unpaired) electrons. The molecule has 4 heteroatoms. The maximum absolute atomic E-state index is 12.2.